The van der Waals surface area contributed by atoms with Crippen molar-refractivity contribution in [3.05, 3.63) is 71.3 Å². The first-order valence-corrected chi connectivity index (χ1v) is 10.1. The fourth-order valence-electron chi connectivity index (χ4n) is 3.59. The van der Waals surface area contributed by atoms with Crippen LogP contribution in [0.4, 0.5) is 0 Å². The molecular weight excluding hydrogens is 382 g/mol. The minimum atomic E-state index is -0.648. The van der Waals surface area contributed by atoms with Crippen molar-refractivity contribution in [2.24, 2.45) is 0 Å². The van der Waals surface area contributed by atoms with E-state index in [9.17, 15) is 19.2 Å². The molecule has 30 heavy (non-hydrogen) atoms. The molecule has 0 N–H and O–H groups in total. The average Bonchev–Trinajstić information content (AvgIpc) is 2.82. The number of carbonyl (C=O) groups excluding carboxylic acids is 4. The van der Waals surface area contributed by atoms with Crippen molar-refractivity contribution in [1.82, 2.24) is 4.90 Å². The second-order valence-corrected chi connectivity index (χ2v) is 7.47. The van der Waals surface area contributed by atoms with E-state index >= 15 is 0 Å². The normalized spacial score (nSPS) is 14.0. The van der Waals surface area contributed by atoms with E-state index < -0.39 is 17.5 Å². The number of benzene rings is 2. The highest BCUT2D eigenvalue weighted by Crippen LogP contribution is 2.21. The molecule has 0 saturated heterocycles. The van der Waals surface area contributed by atoms with Crippen LogP contribution in [0.2, 0.25) is 0 Å². The highest BCUT2D eigenvalue weighted by atomic mass is 16.5. The number of nitrogens with zero attached hydrogens (tertiary/aromatic N) is 1. The van der Waals surface area contributed by atoms with Crippen LogP contribution in [0.15, 0.2) is 54.6 Å². The van der Waals surface area contributed by atoms with Gasteiger partial charge in [-0.15, -0.1) is 0 Å². The van der Waals surface area contributed by atoms with Gasteiger partial charge in [-0.25, -0.2) is 4.79 Å². The first-order valence-electron chi connectivity index (χ1n) is 10.1. The fourth-order valence-corrected chi connectivity index (χ4v) is 3.59. The maximum atomic E-state index is 12.4. The zero-order valence-corrected chi connectivity index (χ0v) is 17.0. The summed E-state index contributed by atoms with van der Waals surface area (Å²) in [5.41, 5.74) is 0.715. The highest BCUT2D eigenvalue weighted by Gasteiger charge is 2.23. The van der Waals surface area contributed by atoms with Crippen molar-refractivity contribution in [2.45, 2.75) is 38.1 Å². The predicted octanol–water partition coefficient (Wildman–Crippen LogP) is 3.70. The Morgan fingerprint density at radius 1 is 0.800 bits per heavy atom. The first kappa shape index (κ1) is 21.4. The molecule has 0 aliphatic heterocycles. The first-order chi connectivity index (χ1) is 14.5. The number of hydrogen-bond acceptors (Lipinski definition) is 5. The Kier molecular flexibility index (Phi) is 7.12. The number of likely N-dealkylation sites (N-methyl/N-ethyl adjacent to an activating group) is 1. The third-order valence-electron chi connectivity index (χ3n) is 5.47. The van der Waals surface area contributed by atoms with E-state index in [0.717, 1.165) is 25.7 Å². The third-order valence-corrected chi connectivity index (χ3v) is 5.47. The van der Waals surface area contributed by atoms with E-state index in [4.69, 9.17) is 4.74 Å². The number of ketones is 2. The molecule has 0 spiro atoms. The maximum absolute atomic E-state index is 12.4. The molecule has 2 aromatic carbocycles. The Morgan fingerprint density at radius 2 is 1.33 bits per heavy atom. The molecule has 2 aromatic rings. The molecule has 0 unspecified atom stereocenters. The average molecular weight is 407 g/mol. The van der Waals surface area contributed by atoms with Crippen LogP contribution < -0.4 is 0 Å². The summed E-state index contributed by atoms with van der Waals surface area (Å²) in [6, 6.07) is 14.2. The highest BCUT2D eigenvalue weighted by molar-refractivity contribution is 6.49. The SMILES string of the molecule is CN(C(=O)COC(=O)c1ccc(C(=O)C(=O)c2ccccc2)cc1)C1CCCCC1. The molecule has 1 aliphatic rings. The lowest BCUT2D eigenvalue weighted by Gasteiger charge is -2.31. The Balaban J connectivity index is 1.55. The van der Waals surface area contributed by atoms with Crippen molar-refractivity contribution in [3.63, 3.8) is 0 Å². The molecule has 3 rings (SSSR count). The summed E-state index contributed by atoms with van der Waals surface area (Å²) in [5.74, 6) is -2.13. The second kappa shape index (κ2) is 9.96. The van der Waals surface area contributed by atoms with Gasteiger partial charge in [0.25, 0.3) is 5.91 Å². The molecule has 0 aromatic heterocycles. The van der Waals surface area contributed by atoms with Crippen molar-refractivity contribution in [1.29, 1.82) is 0 Å². The molecule has 0 bridgehead atoms. The van der Waals surface area contributed by atoms with Crippen molar-refractivity contribution in [3.8, 4) is 0 Å². The van der Waals surface area contributed by atoms with E-state index in [1.54, 1.807) is 42.3 Å². The predicted molar refractivity (Wildman–Crippen MR) is 111 cm³/mol. The molecule has 0 radical (unpaired) electrons. The lowest BCUT2D eigenvalue weighted by atomic mass is 9.94. The molecule has 6 heteroatoms. The van der Waals surface area contributed by atoms with Crippen molar-refractivity contribution < 1.29 is 23.9 Å². The lowest BCUT2D eigenvalue weighted by molar-refractivity contribution is -0.135. The number of carbonyl (C=O) groups is 4. The quantitative estimate of drug-likeness (QED) is 0.397. The minimum absolute atomic E-state index is 0.188. The Hall–Kier alpha value is -3.28. The summed E-state index contributed by atoms with van der Waals surface area (Å²) >= 11 is 0. The molecule has 1 fully saturated rings. The summed E-state index contributed by atoms with van der Waals surface area (Å²) in [4.78, 5) is 50.8. The van der Waals surface area contributed by atoms with Gasteiger partial charge in [-0.05, 0) is 25.0 Å². The molecular formula is C24H25NO5. The van der Waals surface area contributed by atoms with Gasteiger partial charge in [-0.3, -0.25) is 14.4 Å². The summed E-state index contributed by atoms with van der Waals surface area (Å²) in [6.07, 6.45) is 5.38. The van der Waals surface area contributed by atoms with Gasteiger partial charge in [0.15, 0.2) is 6.61 Å². The Morgan fingerprint density at radius 3 is 1.93 bits per heavy atom. The maximum Gasteiger partial charge on any atom is 0.338 e. The Bertz CT molecular complexity index is 914. The van der Waals surface area contributed by atoms with Gasteiger partial charge in [-0.1, -0.05) is 61.7 Å². The van der Waals surface area contributed by atoms with E-state index in [-0.39, 0.29) is 29.7 Å². The number of rotatable bonds is 7. The van der Waals surface area contributed by atoms with Crippen LogP contribution in [0.1, 0.15) is 63.2 Å². The van der Waals surface area contributed by atoms with Gasteiger partial charge in [0.1, 0.15) is 0 Å². The molecule has 0 atom stereocenters. The van der Waals surface area contributed by atoms with E-state index in [1.165, 1.54) is 30.7 Å². The van der Waals surface area contributed by atoms with Crippen LogP contribution in [0, 0.1) is 0 Å². The third kappa shape index (κ3) is 5.20. The van der Waals surface area contributed by atoms with Crippen molar-refractivity contribution >= 4 is 23.4 Å². The molecule has 156 valence electrons. The zero-order chi connectivity index (χ0) is 21.5. The number of esters is 1. The number of Topliss-reactive ketones (excluding diaryl/α,β-unsaturated/α-hetero) is 2. The monoisotopic (exact) mass is 407 g/mol. The molecule has 0 heterocycles. The van der Waals surface area contributed by atoms with Gasteiger partial charge >= 0.3 is 5.97 Å². The lowest BCUT2D eigenvalue weighted by Crippen LogP contribution is -2.40. The second-order valence-electron chi connectivity index (χ2n) is 7.47. The van der Waals surface area contributed by atoms with E-state index in [2.05, 4.69) is 0 Å². The van der Waals surface area contributed by atoms with Crippen LogP contribution >= 0.6 is 0 Å². The van der Waals surface area contributed by atoms with Crippen LogP contribution in [0.3, 0.4) is 0 Å². The number of hydrogen-bond donors (Lipinski definition) is 0. The fraction of sp³-hybridized carbons (Fsp3) is 0.333. The summed E-state index contributed by atoms with van der Waals surface area (Å²) in [5, 5.41) is 0. The molecule has 1 amide bonds. The number of amides is 1. The van der Waals surface area contributed by atoms with Gasteiger partial charge < -0.3 is 9.64 Å². The van der Waals surface area contributed by atoms with Crippen LogP contribution in [0.5, 0.6) is 0 Å². The van der Waals surface area contributed by atoms with Crippen LogP contribution in [0.25, 0.3) is 0 Å². The summed E-state index contributed by atoms with van der Waals surface area (Å²) < 4.78 is 5.14. The van der Waals surface area contributed by atoms with E-state index in [1.807, 2.05) is 0 Å². The van der Waals surface area contributed by atoms with E-state index in [0.29, 0.717) is 5.56 Å². The summed E-state index contributed by atoms with van der Waals surface area (Å²) in [6.45, 7) is -0.320. The topological polar surface area (TPSA) is 80.8 Å². The summed E-state index contributed by atoms with van der Waals surface area (Å²) in [7, 11) is 1.75. The minimum Gasteiger partial charge on any atom is -0.452 e. The molecule has 1 saturated carbocycles. The van der Waals surface area contributed by atoms with Crippen LogP contribution in [-0.4, -0.2) is 48.0 Å². The van der Waals surface area contributed by atoms with Crippen LogP contribution in [-0.2, 0) is 9.53 Å². The van der Waals surface area contributed by atoms with Gasteiger partial charge in [0.05, 0.1) is 5.56 Å². The van der Waals surface area contributed by atoms with Gasteiger partial charge in [0, 0.05) is 24.2 Å². The van der Waals surface area contributed by atoms with Gasteiger partial charge in [-0.2, -0.15) is 0 Å². The zero-order valence-electron chi connectivity index (χ0n) is 17.0. The van der Waals surface area contributed by atoms with Gasteiger partial charge in [0.2, 0.25) is 11.6 Å². The van der Waals surface area contributed by atoms with Crippen molar-refractivity contribution in [2.75, 3.05) is 13.7 Å². The largest absolute Gasteiger partial charge is 0.452 e. The number of ether oxygens (including phenoxy) is 1. The molecule has 1 aliphatic carbocycles. The standard InChI is InChI=1S/C24H25NO5/c1-25(20-10-6-3-7-11-20)21(26)16-30-24(29)19-14-12-18(13-15-19)23(28)22(27)17-8-4-2-5-9-17/h2,4-5,8-9,12-15,20H,3,6-7,10-11,16H2,1H3. The smallest absolute Gasteiger partial charge is 0.338 e. The Labute approximate surface area is 175 Å². The molecule has 6 nitrogen and oxygen atoms in total.